The van der Waals surface area contributed by atoms with Crippen molar-refractivity contribution < 1.29 is 14.4 Å². The summed E-state index contributed by atoms with van der Waals surface area (Å²) in [4.78, 5) is 53.9. The molecule has 0 spiro atoms. The lowest BCUT2D eigenvalue weighted by Crippen LogP contribution is -2.49. The van der Waals surface area contributed by atoms with Gasteiger partial charge in [-0.15, -0.1) is 0 Å². The average Bonchev–Trinajstić information content (AvgIpc) is 3.04. The van der Waals surface area contributed by atoms with Gasteiger partial charge in [-0.25, -0.2) is 14.4 Å². The number of carbonyl (C=O) groups excluding carboxylic acids is 3. The summed E-state index contributed by atoms with van der Waals surface area (Å²) in [6.45, 7) is 0.881. The van der Waals surface area contributed by atoms with Crippen LogP contribution in [-0.2, 0) is 16.1 Å². The van der Waals surface area contributed by atoms with Crippen molar-refractivity contribution >= 4 is 23.5 Å². The largest absolute Gasteiger partial charge is 0.341 e. The van der Waals surface area contributed by atoms with Crippen molar-refractivity contribution in [1.29, 1.82) is 0 Å². The van der Waals surface area contributed by atoms with Gasteiger partial charge in [-0.05, 0) is 31.0 Å². The number of carbonyl (C=O) groups is 3. The number of hydrogen-bond donors (Lipinski definition) is 0. The Morgan fingerprint density at radius 2 is 1.72 bits per heavy atom. The van der Waals surface area contributed by atoms with E-state index in [1.165, 1.54) is 23.2 Å². The van der Waals surface area contributed by atoms with Crippen LogP contribution in [0, 0.1) is 0 Å². The van der Waals surface area contributed by atoms with Gasteiger partial charge in [0.15, 0.2) is 0 Å². The van der Waals surface area contributed by atoms with Crippen LogP contribution in [0.15, 0.2) is 53.5 Å². The number of piperidine rings is 1. The third-order valence-corrected chi connectivity index (χ3v) is 5.33. The summed E-state index contributed by atoms with van der Waals surface area (Å²) in [5, 5.41) is 3.91. The van der Waals surface area contributed by atoms with Gasteiger partial charge < -0.3 is 9.80 Å². The number of para-hydroxylation sites is 1. The van der Waals surface area contributed by atoms with Crippen molar-refractivity contribution in [2.75, 3.05) is 24.5 Å². The number of imide groups is 1. The van der Waals surface area contributed by atoms with E-state index in [1.807, 2.05) is 6.07 Å². The van der Waals surface area contributed by atoms with Gasteiger partial charge in [-0.2, -0.15) is 5.10 Å². The lowest BCUT2D eigenvalue weighted by molar-refractivity contribution is -0.133. The number of likely N-dealkylation sites (tertiary alicyclic amines) is 1. The molecule has 2 fully saturated rings. The molecular formula is C20H21N5O4. The predicted molar refractivity (Wildman–Crippen MR) is 104 cm³/mol. The summed E-state index contributed by atoms with van der Waals surface area (Å²) < 4.78 is 1.13. The highest BCUT2D eigenvalue weighted by atomic mass is 16.2. The Balaban J connectivity index is 1.37. The molecular weight excluding hydrogens is 374 g/mol. The smallest absolute Gasteiger partial charge is 0.332 e. The molecule has 1 aromatic carbocycles. The SMILES string of the molecule is O=C(Cn1ncccc1=O)N1CCC(N2CC(=O)N(c3ccccc3)C2=O)CC1. The monoisotopic (exact) mass is 395 g/mol. The molecule has 0 atom stereocenters. The van der Waals surface area contributed by atoms with Crippen LogP contribution in [0.5, 0.6) is 0 Å². The number of benzene rings is 1. The van der Waals surface area contributed by atoms with Gasteiger partial charge >= 0.3 is 6.03 Å². The Labute approximate surface area is 167 Å². The highest BCUT2D eigenvalue weighted by molar-refractivity contribution is 6.19. The molecule has 150 valence electrons. The van der Waals surface area contributed by atoms with Crippen LogP contribution in [0.1, 0.15) is 12.8 Å². The first-order valence-corrected chi connectivity index (χ1v) is 9.53. The highest BCUT2D eigenvalue weighted by Gasteiger charge is 2.41. The molecule has 0 radical (unpaired) electrons. The second kappa shape index (κ2) is 7.86. The van der Waals surface area contributed by atoms with Crippen LogP contribution in [-0.4, -0.2) is 63.1 Å². The van der Waals surface area contributed by atoms with Gasteiger partial charge in [-0.1, -0.05) is 18.2 Å². The van der Waals surface area contributed by atoms with E-state index >= 15 is 0 Å². The van der Waals surface area contributed by atoms with Gasteiger partial charge in [0.1, 0.15) is 13.1 Å². The third kappa shape index (κ3) is 3.75. The fraction of sp³-hybridized carbons (Fsp3) is 0.350. The van der Waals surface area contributed by atoms with Crippen LogP contribution in [0.4, 0.5) is 10.5 Å². The molecule has 3 heterocycles. The van der Waals surface area contributed by atoms with E-state index in [0.717, 1.165) is 4.68 Å². The summed E-state index contributed by atoms with van der Waals surface area (Å²) in [6.07, 6.45) is 2.64. The Bertz CT molecular complexity index is 982. The van der Waals surface area contributed by atoms with Gasteiger partial charge in [0.2, 0.25) is 5.91 Å². The first-order chi connectivity index (χ1) is 14.0. The Morgan fingerprint density at radius 1 is 1.00 bits per heavy atom. The number of aromatic nitrogens is 2. The van der Waals surface area contributed by atoms with E-state index in [9.17, 15) is 19.2 Å². The fourth-order valence-corrected chi connectivity index (χ4v) is 3.80. The lowest BCUT2D eigenvalue weighted by atomic mass is 10.0. The molecule has 2 aromatic rings. The highest BCUT2D eigenvalue weighted by Crippen LogP contribution is 2.26. The van der Waals surface area contributed by atoms with Crippen molar-refractivity contribution in [3.63, 3.8) is 0 Å². The van der Waals surface area contributed by atoms with Gasteiger partial charge in [-0.3, -0.25) is 14.4 Å². The minimum absolute atomic E-state index is 0.0513. The fourth-order valence-electron chi connectivity index (χ4n) is 3.80. The Kier molecular flexibility index (Phi) is 5.11. The normalized spacial score (nSPS) is 17.9. The molecule has 0 N–H and O–H groups in total. The number of rotatable bonds is 4. The summed E-state index contributed by atoms with van der Waals surface area (Å²) >= 11 is 0. The zero-order chi connectivity index (χ0) is 20.4. The quantitative estimate of drug-likeness (QED) is 0.711. The number of nitrogens with zero attached hydrogens (tertiary/aromatic N) is 5. The molecule has 9 nitrogen and oxygen atoms in total. The van der Waals surface area contributed by atoms with Crippen molar-refractivity contribution in [1.82, 2.24) is 19.6 Å². The Hall–Kier alpha value is -3.49. The van der Waals surface area contributed by atoms with Crippen LogP contribution in [0.2, 0.25) is 0 Å². The summed E-state index contributed by atoms with van der Waals surface area (Å²) in [5.41, 5.74) is 0.247. The van der Waals surface area contributed by atoms with Crippen LogP contribution in [0.25, 0.3) is 0 Å². The number of urea groups is 1. The van der Waals surface area contributed by atoms with Crippen molar-refractivity contribution in [3.05, 3.63) is 59.0 Å². The molecule has 2 aliphatic heterocycles. The second-order valence-electron chi connectivity index (χ2n) is 7.11. The maximum absolute atomic E-state index is 12.8. The van der Waals surface area contributed by atoms with E-state index < -0.39 is 0 Å². The van der Waals surface area contributed by atoms with Crippen LogP contribution >= 0.6 is 0 Å². The van der Waals surface area contributed by atoms with Gasteiger partial charge in [0, 0.05) is 31.4 Å². The van der Waals surface area contributed by atoms with E-state index in [0.29, 0.717) is 31.6 Å². The van der Waals surface area contributed by atoms with Crippen molar-refractivity contribution in [3.8, 4) is 0 Å². The van der Waals surface area contributed by atoms with E-state index in [-0.39, 0.29) is 42.5 Å². The maximum atomic E-state index is 12.8. The Morgan fingerprint density at radius 3 is 2.41 bits per heavy atom. The topological polar surface area (TPSA) is 95.8 Å². The van der Waals surface area contributed by atoms with E-state index in [2.05, 4.69) is 5.10 Å². The first kappa shape index (κ1) is 18.9. The number of anilines is 1. The molecule has 4 rings (SSSR count). The predicted octanol–water partition coefficient (Wildman–Crippen LogP) is 0.703. The second-order valence-corrected chi connectivity index (χ2v) is 7.11. The zero-order valence-corrected chi connectivity index (χ0v) is 15.8. The molecule has 0 aliphatic carbocycles. The molecule has 9 heteroatoms. The molecule has 29 heavy (non-hydrogen) atoms. The van der Waals surface area contributed by atoms with Crippen molar-refractivity contribution in [2.45, 2.75) is 25.4 Å². The maximum Gasteiger partial charge on any atom is 0.332 e. The van der Waals surface area contributed by atoms with Gasteiger partial charge in [0.25, 0.3) is 11.5 Å². The minimum atomic E-state index is -0.321. The van der Waals surface area contributed by atoms with Crippen LogP contribution < -0.4 is 10.5 Å². The molecule has 1 aromatic heterocycles. The number of hydrogen-bond acceptors (Lipinski definition) is 5. The van der Waals surface area contributed by atoms with Crippen molar-refractivity contribution in [2.24, 2.45) is 0 Å². The van der Waals surface area contributed by atoms with Gasteiger partial charge in [0.05, 0.1) is 5.69 Å². The minimum Gasteiger partial charge on any atom is -0.341 e. The third-order valence-electron chi connectivity index (χ3n) is 5.33. The summed E-state index contributed by atoms with van der Waals surface area (Å²) in [5.74, 6) is -0.423. The molecule has 2 saturated heterocycles. The molecule has 4 amide bonds. The van der Waals surface area contributed by atoms with E-state index in [4.69, 9.17) is 0 Å². The lowest BCUT2D eigenvalue weighted by Gasteiger charge is -2.36. The average molecular weight is 395 g/mol. The van der Waals surface area contributed by atoms with E-state index in [1.54, 1.807) is 34.1 Å². The molecule has 2 aliphatic rings. The standard InChI is InChI=1S/C20H21N5O4/c26-17-7-4-10-21-24(17)14-18(27)22-11-8-15(9-12-22)23-13-19(28)25(20(23)29)16-5-2-1-3-6-16/h1-7,10,15H,8-9,11-14H2. The first-order valence-electron chi connectivity index (χ1n) is 9.53. The summed E-state index contributed by atoms with van der Waals surface area (Å²) in [6, 6.07) is 11.4. The van der Waals surface area contributed by atoms with Crippen LogP contribution in [0.3, 0.4) is 0 Å². The molecule has 0 unspecified atom stereocenters. The molecule has 0 saturated carbocycles. The summed E-state index contributed by atoms with van der Waals surface area (Å²) in [7, 11) is 0. The zero-order valence-electron chi connectivity index (χ0n) is 15.8. The number of amides is 4. The molecule has 0 bridgehead atoms.